The molecule has 1 aromatic carbocycles. The van der Waals surface area contributed by atoms with Gasteiger partial charge in [-0.25, -0.2) is 4.79 Å². The Morgan fingerprint density at radius 2 is 2.14 bits per heavy atom. The molecule has 6 heteroatoms. The van der Waals surface area contributed by atoms with Crippen molar-refractivity contribution in [2.45, 2.75) is 38.1 Å². The minimum Gasteiger partial charge on any atom is -0.507 e. The summed E-state index contributed by atoms with van der Waals surface area (Å²) < 4.78 is 0. The van der Waals surface area contributed by atoms with E-state index < -0.39 is 5.97 Å². The zero-order valence-corrected chi connectivity index (χ0v) is 11.8. The van der Waals surface area contributed by atoms with Gasteiger partial charge in [-0.2, -0.15) is 0 Å². The summed E-state index contributed by atoms with van der Waals surface area (Å²) in [5.74, 6) is -1.69. The van der Waals surface area contributed by atoms with E-state index in [1.54, 1.807) is 0 Å². The number of benzene rings is 1. The van der Waals surface area contributed by atoms with Crippen LogP contribution in [0.4, 0.5) is 5.69 Å². The van der Waals surface area contributed by atoms with E-state index in [4.69, 9.17) is 5.11 Å². The number of carbonyl (C=O) groups excluding carboxylic acids is 1. The molecule has 2 rings (SSSR count). The molecule has 6 nitrogen and oxygen atoms in total. The minimum absolute atomic E-state index is 0.149. The summed E-state index contributed by atoms with van der Waals surface area (Å²) in [6, 6.07) is 4.40. The predicted octanol–water partition coefficient (Wildman–Crippen LogP) is 1.95. The van der Waals surface area contributed by atoms with Crippen molar-refractivity contribution in [3.05, 3.63) is 23.8 Å². The third kappa shape index (κ3) is 4.46. The van der Waals surface area contributed by atoms with Crippen molar-refractivity contribution >= 4 is 17.6 Å². The number of rotatable bonds is 5. The van der Waals surface area contributed by atoms with Gasteiger partial charge in [0.15, 0.2) is 0 Å². The van der Waals surface area contributed by atoms with Crippen molar-refractivity contribution in [3.63, 3.8) is 0 Å². The number of carboxylic acids is 1. The normalized spacial score (nSPS) is 18.2. The van der Waals surface area contributed by atoms with Crippen LogP contribution in [0.25, 0.3) is 0 Å². The third-order valence-electron chi connectivity index (χ3n) is 3.64. The van der Waals surface area contributed by atoms with E-state index >= 15 is 0 Å². The molecule has 1 atom stereocenters. The van der Waals surface area contributed by atoms with Gasteiger partial charge in [-0.05, 0) is 44.0 Å². The van der Waals surface area contributed by atoms with Gasteiger partial charge in [0.1, 0.15) is 11.3 Å². The summed E-state index contributed by atoms with van der Waals surface area (Å²) in [5.41, 5.74) is 0.161. The number of carbonyl (C=O) groups is 2. The number of amides is 1. The molecule has 114 valence electrons. The Morgan fingerprint density at radius 1 is 1.33 bits per heavy atom. The SMILES string of the molecule is O=C(CCC1CCCCN1)Nc1ccc(O)c(C(=O)O)c1. The van der Waals surface area contributed by atoms with E-state index in [0.717, 1.165) is 19.4 Å². The fraction of sp³-hybridized carbons (Fsp3) is 0.467. The number of aromatic hydroxyl groups is 1. The lowest BCUT2D eigenvalue weighted by Gasteiger charge is -2.23. The molecule has 1 aliphatic heterocycles. The van der Waals surface area contributed by atoms with Crippen LogP contribution in [0, 0.1) is 0 Å². The van der Waals surface area contributed by atoms with E-state index in [1.807, 2.05) is 0 Å². The number of nitrogens with one attached hydrogen (secondary N) is 2. The number of piperidine rings is 1. The topological polar surface area (TPSA) is 98.7 Å². The summed E-state index contributed by atoms with van der Waals surface area (Å²) in [4.78, 5) is 22.8. The van der Waals surface area contributed by atoms with Gasteiger partial charge in [-0.15, -0.1) is 0 Å². The van der Waals surface area contributed by atoms with E-state index in [-0.39, 0.29) is 17.2 Å². The Morgan fingerprint density at radius 3 is 2.81 bits per heavy atom. The number of aromatic carboxylic acids is 1. The highest BCUT2D eigenvalue weighted by Crippen LogP contribution is 2.21. The van der Waals surface area contributed by atoms with E-state index in [2.05, 4.69) is 10.6 Å². The zero-order valence-electron chi connectivity index (χ0n) is 11.8. The maximum absolute atomic E-state index is 11.9. The van der Waals surface area contributed by atoms with Crippen LogP contribution in [0.15, 0.2) is 18.2 Å². The Labute approximate surface area is 123 Å². The van der Waals surface area contributed by atoms with Gasteiger partial charge in [0.05, 0.1) is 0 Å². The van der Waals surface area contributed by atoms with Crippen molar-refractivity contribution in [2.75, 3.05) is 11.9 Å². The molecule has 0 saturated carbocycles. The molecule has 1 saturated heterocycles. The van der Waals surface area contributed by atoms with Crippen LogP contribution in [0.2, 0.25) is 0 Å². The highest BCUT2D eigenvalue weighted by atomic mass is 16.4. The summed E-state index contributed by atoms with van der Waals surface area (Å²) in [6.45, 7) is 1.01. The Balaban J connectivity index is 1.87. The van der Waals surface area contributed by atoms with Gasteiger partial charge in [0.25, 0.3) is 0 Å². The minimum atomic E-state index is -1.23. The number of hydrogen-bond donors (Lipinski definition) is 4. The number of anilines is 1. The van der Waals surface area contributed by atoms with Gasteiger partial charge in [-0.3, -0.25) is 4.79 Å². The molecule has 1 aromatic rings. The molecule has 4 N–H and O–H groups in total. The molecule has 1 fully saturated rings. The summed E-state index contributed by atoms with van der Waals surface area (Å²) in [7, 11) is 0. The van der Waals surface area contributed by atoms with Crippen molar-refractivity contribution in [1.29, 1.82) is 0 Å². The Bertz CT molecular complexity index is 524. The molecule has 1 unspecified atom stereocenters. The largest absolute Gasteiger partial charge is 0.507 e. The average molecular weight is 292 g/mol. The maximum atomic E-state index is 11.9. The van der Waals surface area contributed by atoms with Crippen LogP contribution in [0.3, 0.4) is 0 Å². The van der Waals surface area contributed by atoms with Crippen LogP contribution >= 0.6 is 0 Å². The lowest BCUT2D eigenvalue weighted by molar-refractivity contribution is -0.116. The first-order valence-electron chi connectivity index (χ1n) is 7.16. The first-order chi connectivity index (χ1) is 10.1. The Hall–Kier alpha value is -2.08. The van der Waals surface area contributed by atoms with Gasteiger partial charge in [0.2, 0.25) is 5.91 Å². The van der Waals surface area contributed by atoms with Crippen LogP contribution in [0.1, 0.15) is 42.5 Å². The highest BCUT2D eigenvalue weighted by molar-refractivity contribution is 5.95. The second kappa shape index (κ2) is 7.08. The van der Waals surface area contributed by atoms with Crippen molar-refractivity contribution in [2.24, 2.45) is 0 Å². The van der Waals surface area contributed by atoms with Gasteiger partial charge in [0, 0.05) is 18.2 Å². The number of phenols is 1. The molecular weight excluding hydrogens is 272 g/mol. The molecule has 21 heavy (non-hydrogen) atoms. The van der Waals surface area contributed by atoms with Gasteiger partial charge < -0.3 is 20.8 Å². The molecule has 0 radical (unpaired) electrons. The fourth-order valence-electron chi connectivity index (χ4n) is 2.48. The molecule has 0 bridgehead atoms. The van der Waals surface area contributed by atoms with Crippen LogP contribution < -0.4 is 10.6 Å². The quantitative estimate of drug-likeness (QED) is 0.622. The molecule has 0 aromatic heterocycles. The molecule has 0 aliphatic carbocycles. The van der Waals surface area contributed by atoms with Crippen LogP contribution in [-0.2, 0) is 4.79 Å². The first kappa shape index (κ1) is 15.3. The van der Waals surface area contributed by atoms with E-state index in [9.17, 15) is 14.7 Å². The van der Waals surface area contributed by atoms with Crippen LogP contribution in [0.5, 0.6) is 5.75 Å². The maximum Gasteiger partial charge on any atom is 0.339 e. The van der Waals surface area contributed by atoms with Crippen molar-refractivity contribution < 1.29 is 19.8 Å². The summed E-state index contributed by atoms with van der Waals surface area (Å²) >= 11 is 0. The molecule has 1 amide bonds. The smallest absolute Gasteiger partial charge is 0.339 e. The summed E-state index contributed by atoms with van der Waals surface area (Å²) in [6.07, 6.45) is 4.64. The first-order valence-corrected chi connectivity index (χ1v) is 7.16. The second-order valence-electron chi connectivity index (χ2n) is 5.27. The Kier molecular flexibility index (Phi) is 5.16. The molecule has 0 spiro atoms. The average Bonchev–Trinajstić information content (AvgIpc) is 2.48. The third-order valence-corrected chi connectivity index (χ3v) is 3.64. The lowest BCUT2D eigenvalue weighted by Crippen LogP contribution is -2.34. The number of carboxylic acid groups (broad SMARTS) is 1. The van der Waals surface area contributed by atoms with Crippen LogP contribution in [-0.4, -0.2) is 34.7 Å². The predicted molar refractivity (Wildman–Crippen MR) is 78.6 cm³/mol. The summed E-state index contributed by atoms with van der Waals surface area (Å²) in [5, 5.41) is 24.4. The molecule has 1 heterocycles. The van der Waals surface area contributed by atoms with Crippen molar-refractivity contribution in [1.82, 2.24) is 5.32 Å². The van der Waals surface area contributed by atoms with E-state index in [0.29, 0.717) is 18.2 Å². The molecule has 1 aliphatic rings. The molecular formula is C15H20N2O4. The van der Waals surface area contributed by atoms with Gasteiger partial charge in [-0.1, -0.05) is 6.42 Å². The highest BCUT2D eigenvalue weighted by Gasteiger charge is 2.15. The monoisotopic (exact) mass is 292 g/mol. The standard InChI is InChI=1S/C15H20N2O4/c18-13-6-4-11(9-12(13)15(20)21)17-14(19)7-5-10-3-1-2-8-16-10/h4,6,9-10,16,18H,1-3,5,7-8H2,(H,17,19)(H,20,21). The van der Waals surface area contributed by atoms with E-state index in [1.165, 1.54) is 31.0 Å². The van der Waals surface area contributed by atoms with Gasteiger partial charge >= 0.3 is 5.97 Å². The lowest BCUT2D eigenvalue weighted by atomic mass is 10.0. The fourth-order valence-corrected chi connectivity index (χ4v) is 2.48. The number of hydrogen-bond acceptors (Lipinski definition) is 4. The van der Waals surface area contributed by atoms with Crippen molar-refractivity contribution in [3.8, 4) is 5.75 Å². The zero-order chi connectivity index (χ0) is 15.2. The second-order valence-corrected chi connectivity index (χ2v) is 5.27.